The Hall–Kier alpha value is -2.87. The van der Waals surface area contributed by atoms with Gasteiger partial charge in [0.2, 0.25) is 0 Å². The van der Waals surface area contributed by atoms with E-state index in [1.807, 2.05) is 32.9 Å². The zero-order valence-electron chi connectivity index (χ0n) is 16.8. The van der Waals surface area contributed by atoms with Crippen LogP contribution in [0.15, 0.2) is 48.5 Å². The average molecular weight is 423 g/mol. The Morgan fingerprint density at radius 1 is 0.933 bits per heavy atom. The highest BCUT2D eigenvalue weighted by atomic mass is 19.4. The zero-order chi connectivity index (χ0) is 22.7. The molecule has 0 heterocycles. The van der Waals surface area contributed by atoms with Crippen molar-refractivity contribution in [1.29, 1.82) is 0 Å². The minimum Gasteiger partial charge on any atom is -0.480 e. The molecule has 2 aromatic rings. The quantitative estimate of drug-likeness (QED) is 0.659. The van der Waals surface area contributed by atoms with Crippen LogP contribution in [0.4, 0.5) is 13.2 Å². The number of benzene rings is 2. The van der Waals surface area contributed by atoms with Gasteiger partial charge in [0, 0.05) is 6.42 Å². The number of carboxylic acid groups (broad SMARTS) is 1. The Bertz CT molecular complexity index is 885. The molecule has 0 spiro atoms. The first kappa shape index (κ1) is 23.4. The van der Waals surface area contributed by atoms with Gasteiger partial charge >= 0.3 is 12.1 Å². The first-order chi connectivity index (χ1) is 13.8. The van der Waals surface area contributed by atoms with Gasteiger partial charge in [0.1, 0.15) is 6.04 Å². The Morgan fingerprint density at radius 3 is 1.87 bits per heavy atom. The molecule has 0 saturated heterocycles. The number of hydrogen-bond donors (Lipinski definition) is 3. The minimum atomic E-state index is -4.54. The van der Waals surface area contributed by atoms with Crippen molar-refractivity contribution in [3.8, 4) is 0 Å². The predicted molar refractivity (Wildman–Crippen MR) is 105 cm³/mol. The number of nitrogens with one attached hydrogen (secondary N) is 1. The van der Waals surface area contributed by atoms with E-state index in [0.717, 1.165) is 29.8 Å². The number of carboxylic acids is 1. The van der Waals surface area contributed by atoms with Crippen molar-refractivity contribution in [3.05, 3.63) is 70.8 Å². The van der Waals surface area contributed by atoms with Crippen molar-refractivity contribution in [2.24, 2.45) is 0 Å². The van der Waals surface area contributed by atoms with Gasteiger partial charge in [-0.15, -0.1) is 0 Å². The molecule has 0 aliphatic heterocycles. The van der Waals surface area contributed by atoms with Gasteiger partial charge in [0.15, 0.2) is 6.10 Å². The molecule has 5 nitrogen and oxygen atoms in total. The summed E-state index contributed by atoms with van der Waals surface area (Å²) in [6, 6.07) is 9.46. The molecule has 162 valence electrons. The van der Waals surface area contributed by atoms with Crippen LogP contribution in [0.5, 0.6) is 0 Å². The summed E-state index contributed by atoms with van der Waals surface area (Å²) >= 11 is 0. The molecule has 2 atom stereocenters. The van der Waals surface area contributed by atoms with Gasteiger partial charge in [-0.3, -0.25) is 4.79 Å². The van der Waals surface area contributed by atoms with Gasteiger partial charge < -0.3 is 15.5 Å². The second-order valence-electron chi connectivity index (χ2n) is 8.07. The van der Waals surface area contributed by atoms with E-state index in [4.69, 9.17) is 0 Å². The summed E-state index contributed by atoms with van der Waals surface area (Å²) in [6.45, 7) is 6.14. The summed E-state index contributed by atoms with van der Waals surface area (Å²) < 4.78 is 37.9. The molecule has 0 aromatic heterocycles. The molecule has 0 aliphatic rings. The van der Waals surface area contributed by atoms with E-state index < -0.39 is 35.8 Å². The van der Waals surface area contributed by atoms with Gasteiger partial charge in [-0.25, -0.2) is 4.79 Å². The van der Waals surface area contributed by atoms with E-state index in [2.05, 4.69) is 5.32 Å². The monoisotopic (exact) mass is 423 g/mol. The van der Waals surface area contributed by atoms with Crippen molar-refractivity contribution in [2.45, 2.75) is 50.9 Å². The number of rotatable bonds is 6. The van der Waals surface area contributed by atoms with E-state index in [-0.39, 0.29) is 17.4 Å². The Labute approximate surface area is 172 Å². The number of carbonyl (C=O) groups is 2. The molecule has 30 heavy (non-hydrogen) atoms. The van der Waals surface area contributed by atoms with Gasteiger partial charge in [-0.2, -0.15) is 13.2 Å². The number of halogens is 3. The summed E-state index contributed by atoms with van der Waals surface area (Å²) in [6.07, 6.45) is -6.34. The molecule has 0 radical (unpaired) electrons. The molecule has 2 aromatic carbocycles. The van der Waals surface area contributed by atoms with Crippen LogP contribution in [0, 0.1) is 0 Å². The molecule has 0 unspecified atom stereocenters. The molecule has 0 bridgehead atoms. The van der Waals surface area contributed by atoms with Gasteiger partial charge in [-0.05, 0) is 34.2 Å². The summed E-state index contributed by atoms with van der Waals surface area (Å²) in [5.41, 5.74) is 0.699. The maximum atomic E-state index is 12.6. The molecular formula is C22H24F3NO4. The molecule has 0 aliphatic carbocycles. The highest BCUT2D eigenvalue weighted by Crippen LogP contribution is 2.30. The Kier molecular flexibility index (Phi) is 6.92. The summed E-state index contributed by atoms with van der Waals surface area (Å²) in [4.78, 5) is 23.8. The van der Waals surface area contributed by atoms with E-state index in [1.165, 1.54) is 0 Å². The van der Waals surface area contributed by atoms with Crippen LogP contribution in [0.2, 0.25) is 0 Å². The summed E-state index contributed by atoms with van der Waals surface area (Å²) in [5, 5.41) is 21.8. The minimum absolute atomic E-state index is 0.00870. The lowest BCUT2D eigenvalue weighted by molar-refractivity contribution is -0.143. The van der Waals surface area contributed by atoms with Crippen molar-refractivity contribution < 1.29 is 33.0 Å². The molecular weight excluding hydrogens is 399 g/mol. The second-order valence-corrected chi connectivity index (χ2v) is 8.07. The maximum absolute atomic E-state index is 12.6. The number of aliphatic hydroxyl groups excluding tert-OH is 1. The zero-order valence-corrected chi connectivity index (χ0v) is 16.8. The van der Waals surface area contributed by atoms with Crippen LogP contribution < -0.4 is 5.32 Å². The van der Waals surface area contributed by atoms with E-state index in [0.29, 0.717) is 5.56 Å². The van der Waals surface area contributed by atoms with Crippen LogP contribution in [0.3, 0.4) is 0 Å². The van der Waals surface area contributed by atoms with E-state index >= 15 is 0 Å². The summed E-state index contributed by atoms with van der Waals surface area (Å²) in [7, 11) is 0. The van der Waals surface area contributed by atoms with Crippen molar-refractivity contribution in [3.63, 3.8) is 0 Å². The first-order valence-corrected chi connectivity index (χ1v) is 9.27. The molecule has 3 N–H and O–H groups in total. The van der Waals surface area contributed by atoms with Crippen LogP contribution in [0.25, 0.3) is 0 Å². The third-order valence-corrected chi connectivity index (χ3v) is 4.68. The highest BCUT2D eigenvalue weighted by molar-refractivity contribution is 5.87. The SMILES string of the molecule is CC(C)(C)c1ccc(C[C@@H](NC(=O)[C@H](O)c2ccc(C(F)(F)F)cc2)C(=O)O)cc1. The molecule has 1 amide bonds. The molecule has 8 heteroatoms. The number of alkyl halides is 3. The lowest BCUT2D eigenvalue weighted by atomic mass is 9.86. The van der Waals surface area contributed by atoms with E-state index in [9.17, 15) is 33.0 Å². The number of amides is 1. The van der Waals surface area contributed by atoms with Gasteiger partial charge in [0.05, 0.1) is 5.56 Å². The number of carbonyl (C=O) groups excluding carboxylic acids is 1. The van der Waals surface area contributed by atoms with Crippen molar-refractivity contribution >= 4 is 11.9 Å². The fraction of sp³-hybridized carbons (Fsp3) is 0.364. The maximum Gasteiger partial charge on any atom is 0.416 e. The third-order valence-electron chi connectivity index (χ3n) is 4.68. The Morgan fingerprint density at radius 2 is 1.43 bits per heavy atom. The standard InChI is InChI=1S/C22H24F3NO4/c1-21(2,3)15-8-4-13(5-9-15)12-17(20(29)30)26-19(28)18(27)14-6-10-16(11-7-14)22(23,24)25/h4-11,17-18,27H,12H2,1-3H3,(H,26,28)(H,29,30)/t17-,18-/m1/s1. The van der Waals surface area contributed by atoms with Crippen LogP contribution in [-0.2, 0) is 27.6 Å². The van der Waals surface area contributed by atoms with Crippen molar-refractivity contribution in [2.75, 3.05) is 0 Å². The lowest BCUT2D eigenvalue weighted by Crippen LogP contribution is -2.44. The lowest BCUT2D eigenvalue weighted by Gasteiger charge is -2.20. The van der Waals surface area contributed by atoms with Crippen LogP contribution in [-0.4, -0.2) is 28.1 Å². The number of aliphatic hydroxyl groups is 1. The first-order valence-electron chi connectivity index (χ1n) is 9.27. The number of aliphatic carboxylic acids is 1. The molecule has 0 saturated carbocycles. The highest BCUT2D eigenvalue weighted by Gasteiger charge is 2.31. The van der Waals surface area contributed by atoms with Crippen molar-refractivity contribution in [1.82, 2.24) is 5.32 Å². The predicted octanol–water partition coefficient (Wildman–Crippen LogP) is 3.85. The smallest absolute Gasteiger partial charge is 0.416 e. The third kappa shape index (κ3) is 6.06. The fourth-order valence-corrected chi connectivity index (χ4v) is 2.83. The molecule has 0 fully saturated rings. The van der Waals surface area contributed by atoms with Crippen LogP contribution in [0.1, 0.15) is 49.1 Å². The normalized spacial score (nSPS) is 14.1. The number of hydrogen-bond acceptors (Lipinski definition) is 3. The Balaban J connectivity index is 2.08. The fourth-order valence-electron chi connectivity index (χ4n) is 2.83. The van der Waals surface area contributed by atoms with Gasteiger partial charge in [0.25, 0.3) is 5.91 Å². The van der Waals surface area contributed by atoms with E-state index in [1.54, 1.807) is 12.1 Å². The van der Waals surface area contributed by atoms with Crippen LogP contribution >= 0.6 is 0 Å². The topological polar surface area (TPSA) is 86.6 Å². The summed E-state index contributed by atoms with van der Waals surface area (Å²) in [5.74, 6) is -2.30. The largest absolute Gasteiger partial charge is 0.480 e. The average Bonchev–Trinajstić information content (AvgIpc) is 2.65. The second kappa shape index (κ2) is 8.87. The van der Waals surface area contributed by atoms with Gasteiger partial charge in [-0.1, -0.05) is 57.2 Å². The molecule has 2 rings (SSSR count).